The van der Waals surface area contributed by atoms with Crippen molar-refractivity contribution in [2.45, 2.75) is 13.0 Å². The number of aryl methyl sites for hydroxylation is 1. The second kappa shape index (κ2) is 6.61. The topological polar surface area (TPSA) is 21.3 Å². The van der Waals surface area contributed by atoms with Crippen molar-refractivity contribution >= 4 is 27.5 Å². The maximum atomic E-state index is 6.07. The molecule has 0 fully saturated rings. The van der Waals surface area contributed by atoms with Crippen molar-refractivity contribution in [2.75, 3.05) is 14.2 Å². The average Bonchev–Trinajstić information content (AvgIpc) is 2.44. The largest absolute Gasteiger partial charge is 0.496 e. The van der Waals surface area contributed by atoms with E-state index in [2.05, 4.69) is 34.2 Å². The lowest BCUT2D eigenvalue weighted by Crippen LogP contribution is -2.18. The number of nitrogens with one attached hydrogen (secondary N) is 1. The van der Waals surface area contributed by atoms with E-state index in [-0.39, 0.29) is 6.04 Å². The highest BCUT2D eigenvalue weighted by Gasteiger charge is 2.17. The summed E-state index contributed by atoms with van der Waals surface area (Å²) in [6.45, 7) is 2.08. The van der Waals surface area contributed by atoms with Crippen LogP contribution in [0, 0.1) is 6.92 Å². The molecule has 1 atom stereocenters. The second-order valence-electron chi connectivity index (χ2n) is 4.64. The molecule has 2 aromatic carbocycles. The van der Waals surface area contributed by atoms with Gasteiger partial charge in [-0.1, -0.05) is 35.4 Å². The minimum absolute atomic E-state index is 0.0541. The van der Waals surface area contributed by atoms with E-state index in [0.717, 1.165) is 21.3 Å². The number of benzene rings is 2. The SMILES string of the molecule is CNC(c1ccc(Cl)c(Br)c1)c1cc(C)ccc1OC. The molecular weight excluding hydrogens is 338 g/mol. The van der Waals surface area contributed by atoms with Gasteiger partial charge in [0.15, 0.2) is 0 Å². The van der Waals surface area contributed by atoms with Crippen LogP contribution in [-0.4, -0.2) is 14.2 Å². The zero-order valence-corrected chi connectivity index (χ0v) is 14.0. The Labute approximate surface area is 133 Å². The van der Waals surface area contributed by atoms with E-state index in [1.54, 1.807) is 7.11 Å². The summed E-state index contributed by atoms with van der Waals surface area (Å²) in [6, 6.07) is 12.2. The van der Waals surface area contributed by atoms with Crippen LogP contribution in [0.15, 0.2) is 40.9 Å². The van der Waals surface area contributed by atoms with Crippen molar-refractivity contribution in [3.63, 3.8) is 0 Å². The highest BCUT2D eigenvalue weighted by Crippen LogP contribution is 2.33. The average molecular weight is 355 g/mol. The summed E-state index contributed by atoms with van der Waals surface area (Å²) < 4.78 is 6.37. The third kappa shape index (κ3) is 3.17. The quantitative estimate of drug-likeness (QED) is 0.857. The zero-order chi connectivity index (χ0) is 14.7. The summed E-state index contributed by atoms with van der Waals surface area (Å²) in [4.78, 5) is 0. The van der Waals surface area contributed by atoms with Gasteiger partial charge in [-0.3, -0.25) is 0 Å². The molecule has 0 saturated heterocycles. The molecule has 106 valence electrons. The number of ether oxygens (including phenoxy) is 1. The number of hydrogen-bond acceptors (Lipinski definition) is 2. The minimum Gasteiger partial charge on any atom is -0.496 e. The summed E-state index contributed by atoms with van der Waals surface area (Å²) in [5, 5.41) is 4.05. The van der Waals surface area contributed by atoms with E-state index in [4.69, 9.17) is 16.3 Å². The Morgan fingerprint density at radius 1 is 1.20 bits per heavy atom. The Kier molecular flexibility index (Phi) is 5.08. The van der Waals surface area contributed by atoms with Gasteiger partial charge in [0.1, 0.15) is 5.75 Å². The van der Waals surface area contributed by atoms with Gasteiger partial charge in [-0.15, -0.1) is 0 Å². The molecule has 0 heterocycles. The molecular formula is C16H17BrClNO. The second-order valence-corrected chi connectivity index (χ2v) is 5.90. The molecule has 2 rings (SSSR count). The number of rotatable bonds is 4. The van der Waals surface area contributed by atoms with Crippen molar-refractivity contribution in [1.29, 1.82) is 0 Å². The fourth-order valence-electron chi connectivity index (χ4n) is 2.27. The van der Waals surface area contributed by atoms with Gasteiger partial charge < -0.3 is 10.1 Å². The van der Waals surface area contributed by atoms with Crippen LogP contribution in [0.1, 0.15) is 22.7 Å². The molecule has 20 heavy (non-hydrogen) atoms. The number of halogens is 2. The van der Waals surface area contributed by atoms with Crippen molar-refractivity contribution in [2.24, 2.45) is 0 Å². The van der Waals surface area contributed by atoms with Crippen molar-refractivity contribution in [1.82, 2.24) is 5.32 Å². The zero-order valence-electron chi connectivity index (χ0n) is 11.7. The van der Waals surface area contributed by atoms with Gasteiger partial charge in [-0.25, -0.2) is 0 Å². The monoisotopic (exact) mass is 353 g/mol. The van der Waals surface area contributed by atoms with E-state index >= 15 is 0 Å². The lowest BCUT2D eigenvalue weighted by molar-refractivity contribution is 0.405. The van der Waals surface area contributed by atoms with Crippen LogP contribution < -0.4 is 10.1 Å². The van der Waals surface area contributed by atoms with Gasteiger partial charge in [-0.2, -0.15) is 0 Å². The van der Waals surface area contributed by atoms with Crippen LogP contribution in [-0.2, 0) is 0 Å². The van der Waals surface area contributed by atoms with Gasteiger partial charge in [-0.05, 0) is 53.7 Å². The maximum absolute atomic E-state index is 6.07. The van der Waals surface area contributed by atoms with E-state index in [9.17, 15) is 0 Å². The summed E-state index contributed by atoms with van der Waals surface area (Å²) >= 11 is 9.54. The third-order valence-electron chi connectivity index (χ3n) is 3.26. The Morgan fingerprint density at radius 2 is 1.95 bits per heavy atom. The van der Waals surface area contributed by atoms with Gasteiger partial charge in [0.05, 0.1) is 18.2 Å². The standard InChI is InChI=1S/C16H17BrClNO/c1-10-4-7-15(20-3)12(8-10)16(19-2)11-5-6-14(18)13(17)9-11/h4-9,16,19H,1-3H3. The molecule has 2 aromatic rings. The molecule has 0 saturated carbocycles. The first-order chi connectivity index (χ1) is 9.56. The predicted molar refractivity (Wildman–Crippen MR) is 87.8 cm³/mol. The molecule has 0 aliphatic carbocycles. The first-order valence-electron chi connectivity index (χ1n) is 6.33. The van der Waals surface area contributed by atoms with E-state index in [1.807, 2.05) is 37.4 Å². The molecule has 1 unspecified atom stereocenters. The van der Waals surface area contributed by atoms with E-state index in [1.165, 1.54) is 5.56 Å². The van der Waals surface area contributed by atoms with E-state index < -0.39 is 0 Å². The van der Waals surface area contributed by atoms with Crippen LogP contribution in [0.4, 0.5) is 0 Å². The smallest absolute Gasteiger partial charge is 0.123 e. The molecule has 0 aliphatic rings. The Hall–Kier alpha value is -1.03. The molecule has 0 radical (unpaired) electrons. The fourth-order valence-corrected chi connectivity index (χ4v) is 2.79. The van der Waals surface area contributed by atoms with Crippen LogP contribution >= 0.6 is 27.5 Å². The Bertz CT molecular complexity index is 615. The fraction of sp³-hybridized carbons (Fsp3) is 0.250. The van der Waals surface area contributed by atoms with Crippen molar-refractivity contribution in [3.8, 4) is 5.75 Å². The van der Waals surface area contributed by atoms with Gasteiger partial charge in [0.2, 0.25) is 0 Å². The van der Waals surface area contributed by atoms with Crippen LogP contribution in [0.5, 0.6) is 5.75 Å². The van der Waals surface area contributed by atoms with Gasteiger partial charge in [0.25, 0.3) is 0 Å². The molecule has 0 amide bonds. The summed E-state index contributed by atoms with van der Waals surface area (Å²) in [7, 11) is 3.63. The summed E-state index contributed by atoms with van der Waals surface area (Å²) in [5.74, 6) is 0.876. The first-order valence-corrected chi connectivity index (χ1v) is 7.50. The molecule has 0 bridgehead atoms. The molecule has 2 nitrogen and oxygen atoms in total. The van der Waals surface area contributed by atoms with Crippen LogP contribution in [0.3, 0.4) is 0 Å². The molecule has 4 heteroatoms. The molecule has 0 aliphatic heterocycles. The Morgan fingerprint density at radius 3 is 2.55 bits per heavy atom. The van der Waals surface area contributed by atoms with Gasteiger partial charge in [0, 0.05) is 10.0 Å². The highest BCUT2D eigenvalue weighted by atomic mass is 79.9. The normalized spacial score (nSPS) is 12.2. The molecule has 0 aromatic heterocycles. The lowest BCUT2D eigenvalue weighted by atomic mass is 9.96. The maximum Gasteiger partial charge on any atom is 0.123 e. The first kappa shape index (κ1) is 15.4. The van der Waals surface area contributed by atoms with Gasteiger partial charge >= 0.3 is 0 Å². The molecule has 0 spiro atoms. The number of hydrogen-bond donors (Lipinski definition) is 1. The summed E-state index contributed by atoms with van der Waals surface area (Å²) in [6.07, 6.45) is 0. The lowest BCUT2D eigenvalue weighted by Gasteiger charge is -2.21. The van der Waals surface area contributed by atoms with Crippen molar-refractivity contribution < 1.29 is 4.74 Å². The Balaban J connectivity index is 2.51. The predicted octanol–water partition coefficient (Wildman–Crippen LogP) is 4.73. The highest BCUT2D eigenvalue weighted by molar-refractivity contribution is 9.10. The van der Waals surface area contributed by atoms with Crippen molar-refractivity contribution in [3.05, 3.63) is 62.6 Å². The van der Waals surface area contributed by atoms with Crippen LogP contribution in [0.2, 0.25) is 5.02 Å². The third-order valence-corrected chi connectivity index (χ3v) is 4.48. The minimum atomic E-state index is 0.0541. The summed E-state index contributed by atoms with van der Waals surface area (Å²) in [5.41, 5.74) is 3.45. The number of methoxy groups -OCH3 is 1. The van der Waals surface area contributed by atoms with E-state index in [0.29, 0.717) is 5.02 Å². The van der Waals surface area contributed by atoms with Crippen LogP contribution in [0.25, 0.3) is 0 Å². The molecule has 1 N–H and O–H groups in total.